The van der Waals surface area contributed by atoms with Gasteiger partial charge in [0.1, 0.15) is 0 Å². The summed E-state index contributed by atoms with van der Waals surface area (Å²) in [6.45, 7) is 2.12. The van der Waals surface area contributed by atoms with E-state index in [2.05, 4.69) is 22.5 Å². The Kier molecular flexibility index (Phi) is 4.71. The molecular formula is C16H19N3O. The number of nitrogens with one attached hydrogen (secondary N) is 2. The Morgan fingerprint density at radius 1 is 1.20 bits per heavy atom. The van der Waals surface area contributed by atoms with E-state index in [0.29, 0.717) is 5.56 Å². The van der Waals surface area contributed by atoms with Crippen LogP contribution in [0.25, 0.3) is 0 Å². The molecule has 0 unspecified atom stereocenters. The molecule has 0 saturated heterocycles. The van der Waals surface area contributed by atoms with Crippen molar-refractivity contribution >= 4 is 17.3 Å². The summed E-state index contributed by atoms with van der Waals surface area (Å²) in [7, 11) is 1.79. The predicted octanol–water partition coefficient (Wildman–Crippen LogP) is 3.33. The quantitative estimate of drug-likeness (QED) is 0.875. The fraction of sp³-hybridized carbons (Fsp3) is 0.250. The van der Waals surface area contributed by atoms with Gasteiger partial charge < -0.3 is 10.6 Å². The summed E-state index contributed by atoms with van der Waals surface area (Å²) in [6.07, 6.45) is 5.22. The van der Waals surface area contributed by atoms with Crippen LogP contribution in [0, 0.1) is 0 Å². The molecule has 20 heavy (non-hydrogen) atoms. The van der Waals surface area contributed by atoms with Crippen LogP contribution in [0.5, 0.6) is 0 Å². The van der Waals surface area contributed by atoms with Gasteiger partial charge in [0.2, 0.25) is 0 Å². The first-order valence-electron chi connectivity index (χ1n) is 6.77. The second-order valence-electron chi connectivity index (χ2n) is 4.53. The van der Waals surface area contributed by atoms with Crippen molar-refractivity contribution in [2.75, 3.05) is 17.7 Å². The van der Waals surface area contributed by atoms with Gasteiger partial charge in [-0.2, -0.15) is 0 Å². The maximum atomic E-state index is 12.4. The molecule has 0 spiro atoms. The number of hydrogen-bond donors (Lipinski definition) is 2. The Bertz CT molecular complexity index is 596. The molecule has 2 rings (SSSR count). The van der Waals surface area contributed by atoms with E-state index in [9.17, 15) is 4.79 Å². The molecule has 104 valence electrons. The van der Waals surface area contributed by atoms with Gasteiger partial charge in [-0.3, -0.25) is 9.78 Å². The third kappa shape index (κ3) is 3.15. The molecule has 0 fully saturated rings. The second-order valence-corrected chi connectivity index (χ2v) is 4.53. The Balaban J connectivity index is 2.24. The van der Waals surface area contributed by atoms with Gasteiger partial charge in [0.05, 0.1) is 5.56 Å². The Morgan fingerprint density at radius 3 is 2.75 bits per heavy atom. The monoisotopic (exact) mass is 269 g/mol. The number of para-hydroxylation sites is 1. The van der Waals surface area contributed by atoms with Crippen LogP contribution >= 0.6 is 0 Å². The minimum Gasteiger partial charge on any atom is -0.387 e. The van der Waals surface area contributed by atoms with Crippen molar-refractivity contribution in [2.24, 2.45) is 0 Å². The highest BCUT2D eigenvalue weighted by atomic mass is 16.1. The standard InChI is InChI=1S/C16H19N3O/c1-3-6-12-7-4-5-8-14(12)19-16(20)13-11-18-10-9-15(13)17-2/h4-5,7-11H,3,6H2,1-2H3,(H,17,18)(H,19,20). The van der Waals surface area contributed by atoms with Crippen molar-refractivity contribution in [1.82, 2.24) is 4.98 Å². The summed E-state index contributed by atoms with van der Waals surface area (Å²) in [5.74, 6) is -0.147. The molecule has 0 atom stereocenters. The van der Waals surface area contributed by atoms with Crippen molar-refractivity contribution in [3.8, 4) is 0 Å². The first-order chi connectivity index (χ1) is 9.76. The summed E-state index contributed by atoms with van der Waals surface area (Å²) in [5, 5.41) is 5.97. The molecule has 4 heteroatoms. The number of nitrogens with zero attached hydrogens (tertiary/aromatic N) is 1. The van der Waals surface area contributed by atoms with Gasteiger partial charge in [0, 0.05) is 30.8 Å². The van der Waals surface area contributed by atoms with E-state index >= 15 is 0 Å². The van der Waals surface area contributed by atoms with E-state index in [1.807, 2.05) is 24.3 Å². The van der Waals surface area contributed by atoms with Crippen LogP contribution in [0.3, 0.4) is 0 Å². The van der Waals surface area contributed by atoms with E-state index in [-0.39, 0.29) is 5.91 Å². The van der Waals surface area contributed by atoms with Crippen molar-refractivity contribution < 1.29 is 4.79 Å². The van der Waals surface area contributed by atoms with Gasteiger partial charge in [0.25, 0.3) is 5.91 Å². The van der Waals surface area contributed by atoms with E-state index < -0.39 is 0 Å². The van der Waals surface area contributed by atoms with Crippen LogP contribution in [0.4, 0.5) is 11.4 Å². The van der Waals surface area contributed by atoms with Gasteiger partial charge >= 0.3 is 0 Å². The lowest BCUT2D eigenvalue weighted by Gasteiger charge is -2.12. The third-order valence-electron chi connectivity index (χ3n) is 3.12. The third-order valence-corrected chi connectivity index (χ3v) is 3.12. The lowest BCUT2D eigenvalue weighted by atomic mass is 10.1. The highest BCUT2D eigenvalue weighted by Crippen LogP contribution is 2.20. The zero-order valence-electron chi connectivity index (χ0n) is 11.8. The van der Waals surface area contributed by atoms with Gasteiger partial charge in [-0.1, -0.05) is 31.5 Å². The van der Waals surface area contributed by atoms with Crippen molar-refractivity contribution in [3.63, 3.8) is 0 Å². The second kappa shape index (κ2) is 6.70. The summed E-state index contributed by atoms with van der Waals surface area (Å²) < 4.78 is 0. The number of carbonyl (C=O) groups is 1. The smallest absolute Gasteiger partial charge is 0.259 e. The molecule has 2 N–H and O–H groups in total. The van der Waals surface area contributed by atoms with Crippen molar-refractivity contribution in [1.29, 1.82) is 0 Å². The number of carbonyl (C=O) groups excluding carboxylic acids is 1. The minimum absolute atomic E-state index is 0.147. The van der Waals surface area contributed by atoms with Gasteiger partial charge in [0.15, 0.2) is 0 Å². The average molecular weight is 269 g/mol. The fourth-order valence-electron chi connectivity index (χ4n) is 2.11. The van der Waals surface area contributed by atoms with Crippen LogP contribution in [0.1, 0.15) is 29.3 Å². The molecule has 0 bridgehead atoms. The number of amides is 1. The maximum absolute atomic E-state index is 12.4. The summed E-state index contributed by atoms with van der Waals surface area (Å²) in [6, 6.07) is 9.67. The maximum Gasteiger partial charge on any atom is 0.259 e. The molecule has 1 aromatic heterocycles. The van der Waals surface area contributed by atoms with E-state index in [4.69, 9.17) is 0 Å². The lowest BCUT2D eigenvalue weighted by molar-refractivity contribution is 0.102. The Labute approximate surface area is 119 Å². The number of benzene rings is 1. The van der Waals surface area contributed by atoms with Gasteiger partial charge in [-0.15, -0.1) is 0 Å². The van der Waals surface area contributed by atoms with Gasteiger partial charge in [-0.05, 0) is 24.1 Å². The fourth-order valence-corrected chi connectivity index (χ4v) is 2.11. The van der Waals surface area contributed by atoms with E-state index in [0.717, 1.165) is 29.8 Å². The van der Waals surface area contributed by atoms with Crippen molar-refractivity contribution in [3.05, 3.63) is 53.9 Å². The Morgan fingerprint density at radius 2 is 2.00 bits per heavy atom. The molecule has 0 aliphatic heterocycles. The number of hydrogen-bond acceptors (Lipinski definition) is 3. The first-order valence-corrected chi connectivity index (χ1v) is 6.77. The first kappa shape index (κ1) is 14.1. The normalized spacial score (nSPS) is 10.1. The van der Waals surface area contributed by atoms with Crippen LogP contribution in [-0.2, 0) is 6.42 Å². The zero-order valence-corrected chi connectivity index (χ0v) is 11.8. The highest BCUT2D eigenvalue weighted by Gasteiger charge is 2.12. The summed E-state index contributed by atoms with van der Waals surface area (Å²) >= 11 is 0. The van der Waals surface area contributed by atoms with E-state index in [1.54, 1.807) is 25.5 Å². The van der Waals surface area contributed by atoms with E-state index in [1.165, 1.54) is 0 Å². The SMILES string of the molecule is CCCc1ccccc1NC(=O)c1cnccc1NC. The molecule has 2 aromatic rings. The Hall–Kier alpha value is -2.36. The lowest BCUT2D eigenvalue weighted by Crippen LogP contribution is -2.15. The number of pyridine rings is 1. The van der Waals surface area contributed by atoms with Crippen LogP contribution < -0.4 is 10.6 Å². The highest BCUT2D eigenvalue weighted by molar-refractivity contribution is 6.08. The number of anilines is 2. The van der Waals surface area contributed by atoms with Crippen molar-refractivity contribution in [2.45, 2.75) is 19.8 Å². The minimum atomic E-state index is -0.147. The summed E-state index contributed by atoms with van der Waals surface area (Å²) in [4.78, 5) is 16.4. The van der Waals surface area contributed by atoms with Gasteiger partial charge in [-0.25, -0.2) is 0 Å². The molecule has 4 nitrogen and oxygen atoms in total. The molecule has 0 radical (unpaired) electrons. The van der Waals surface area contributed by atoms with Crippen LogP contribution in [0.2, 0.25) is 0 Å². The topological polar surface area (TPSA) is 54.0 Å². The molecule has 0 aliphatic carbocycles. The molecular weight excluding hydrogens is 250 g/mol. The largest absolute Gasteiger partial charge is 0.387 e. The average Bonchev–Trinajstić information content (AvgIpc) is 2.49. The molecule has 1 amide bonds. The number of aryl methyl sites for hydroxylation is 1. The molecule has 0 aliphatic rings. The molecule has 0 saturated carbocycles. The predicted molar refractivity (Wildman–Crippen MR) is 82.2 cm³/mol. The number of rotatable bonds is 5. The number of aromatic nitrogens is 1. The molecule has 1 heterocycles. The van der Waals surface area contributed by atoms with Crippen LogP contribution in [-0.4, -0.2) is 17.9 Å². The summed E-state index contributed by atoms with van der Waals surface area (Å²) in [5.41, 5.74) is 3.33. The zero-order chi connectivity index (χ0) is 14.4. The van der Waals surface area contributed by atoms with Crippen LogP contribution in [0.15, 0.2) is 42.7 Å². The molecule has 1 aromatic carbocycles.